The minimum Gasteiger partial charge on any atom is -0.380 e. The topological polar surface area (TPSA) is 50.4 Å². The predicted octanol–water partition coefficient (Wildman–Crippen LogP) is 0.878. The first kappa shape index (κ1) is 11.0. The zero-order chi connectivity index (χ0) is 11.5. The lowest BCUT2D eigenvalue weighted by Crippen LogP contribution is -2.21. The van der Waals surface area contributed by atoms with Gasteiger partial charge in [-0.15, -0.1) is 0 Å². The third kappa shape index (κ3) is 2.20. The Hall–Kier alpha value is -1.46. The minimum absolute atomic E-state index is 0.107. The molecule has 1 aliphatic heterocycles. The van der Waals surface area contributed by atoms with Gasteiger partial charge in [0.25, 0.3) is 5.91 Å². The molecule has 0 spiro atoms. The smallest absolute Gasteiger partial charge is 0.253 e. The van der Waals surface area contributed by atoms with Crippen LogP contribution in [-0.2, 0) is 16.1 Å². The van der Waals surface area contributed by atoms with Gasteiger partial charge in [0, 0.05) is 7.11 Å². The second-order valence-corrected chi connectivity index (χ2v) is 3.98. The van der Waals surface area contributed by atoms with E-state index >= 15 is 0 Å². The molecule has 0 aliphatic carbocycles. The highest BCUT2D eigenvalue weighted by molar-refractivity contribution is 7.80. The van der Waals surface area contributed by atoms with Gasteiger partial charge in [-0.1, -0.05) is 24.3 Å². The molecule has 0 saturated carbocycles. The second-order valence-electron chi connectivity index (χ2n) is 3.57. The highest BCUT2D eigenvalue weighted by atomic mass is 32.1. The molecule has 1 aromatic rings. The van der Waals surface area contributed by atoms with Crippen molar-refractivity contribution < 1.29 is 9.53 Å². The first-order valence-corrected chi connectivity index (χ1v) is 5.30. The van der Waals surface area contributed by atoms with E-state index in [-0.39, 0.29) is 11.9 Å². The van der Waals surface area contributed by atoms with Crippen LogP contribution in [0, 0.1) is 0 Å². The molecule has 4 nitrogen and oxygen atoms in total. The number of hydrogen-bond acceptors (Lipinski definition) is 3. The summed E-state index contributed by atoms with van der Waals surface area (Å²) in [7, 11) is 1.65. The van der Waals surface area contributed by atoms with E-state index < -0.39 is 0 Å². The molecule has 1 fully saturated rings. The van der Waals surface area contributed by atoms with Crippen LogP contribution in [-0.4, -0.2) is 18.1 Å². The van der Waals surface area contributed by atoms with Crippen LogP contribution in [0.25, 0.3) is 0 Å². The first-order valence-electron chi connectivity index (χ1n) is 4.90. The Morgan fingerprint density at radius 2 is 2.06 bits per heavy atom. The summed E-state index contributed by atoms with van der Waals surface area (Å²) < 4.78 is 5.02. The predicted molar refractivity (Wildman–Crippen MR) is 63.8 cm³/mol. The zero-order valence-corrected chi connectivity index (χ0v) is 9.64. The molecule has 1 aliphatic rings. The Kier molecular flexibility index (Phi) is 3.17. The fourth-order valence-corrected chi connectivity index (χ4v) is 1.84. The van der Waals surface area contributed by atoms with Crippen molar-refractivity contribution in [2.24, 2.45) is 0 Å². The lowest BCUT2D eigenvalue weighted by molar-refractivity contribution is -0.120. The summed E-state index contributed by atoms with van der Waals surface area (Å²) in [6.45, 7) is 0.572. The molecule has 84 valence electrons. The van der Waals surface area contributed by atoms with Gasteiger partial charge >= 0.3 is 0 Å². The van der Waals surface area contributed by atoms with E-state index in [1.54, 1.807) is 7.11 Å². The van der Waals surface area contributed by atoms with Crippen LogP contribution in [0.1, 0.15) is 17.2 Å². The molecule has 1 unspecified atom stereocenters. The number of methoxy groups -OCH3 is 1. The van der Waals surface area contributed by atoms with Crippen LogP contribution >= 0.6 is 12.2 Å². The number of ether oxygens (including phenoxy) is 1. The fraction of sp³-hybridized carbons (Fsp3) is 0.273. The van der Waals surface area contributed by atoms with Crippen LogP contribution < -0.4 is 10.6 Å². The maximum atomic E-state index is 11.5. The van der Waals surface area contributed by atoms with Gasteiger partial charge < -0.3 is 15.4 Å². The first-order chi connectivity index (χ1) is 7.70. The van der Waals surface area contributed by atoms with Crippen molar-refractivity contribution in [3.63, 3.8) is 0 Å². The lowest BCUT2D eigenvalue weighted by atomic mass is 10.1. The molecule has 0 aromatic heterocycles. The van der Waals surface area contributed by atoms with E-state index in [0.717, 1.165) is 11.1 Å². The van der Waals surface area contributed by atoms with Gasteiger partial charge in [-0.3, -0.25) is 4.79 Å². The molecule has 1 amide bonds. The number of hydrogen-bond donors (Lipinski definition) is 2. The van der Waals surface area contributed by atoms with Crippen molar-refractivity contribution in [2.75, 3.05) is 7.11 Å². The largest absolute Gasteiger partial charge is 0.380 e. The highest BCUT2D eigenvalue weighted by Gasteiger charge is 2.28. The maximum Gasteiger partial charge on any atom is 0.253 e. The summed E-state index contributed by atoms with van der Waals surface area (Å²) >= 11 is 4.88. The Morgan fingerprint density at radius 3 is 2.56 bits per heavy atom. The summed E-state index contributed by atoms with van der Waals surface area (Å²) in [6, 6.07) is 7.31. The van der Waals surface area contributed by atoms with Gasteiger partial charge in [-0.25, -0.2) is 0 Å². The van der Waals surface area contributed by atoms with Crippen LogP contribution in [0.15, 0.2) is 24.3 Å². The molecular weight excluding hydrogens is 224 g/mol. The molecule has 2 rings (SSSR count). The van der Waals surface area contributed by atoms with Gasteiger partial charge in [0.05, 0.1) is 6.61 Å². The van der Waals surface area contributed by atoms with Crippen molar-refractivity contribution in [2.45, 2.75) is 12.6 Å². The van der Waals surface area contributed by atoms with Crippen molar-refractivity contribution in [3.05, 3.63) is 35.4 Å². The number of nitrogens with one attached hydrogen (secondary N) is 2. The van der Waals surface area contributed by atoms with Gasteiger partial charge in [-0.2, -0.15) is 0 Å². The molecule has 5 heteroatoms. The van der Waals surface area contributed by atoms with Crippen LogP contribution in [0.3, 0.4) is 0 Å². The number of carbonyl (C=O) groups is 1. The molecule has 1 atom stereocenters. The number of amides is 1. The number of carbonyl (C=O) groups excluding carboxylic acids is 1. The molecule has 0 radical (unpaired) electrons. The summed E-state index contributed by atoms with van der Waals surface area (Å²) in [5.74, 6) is -0.107. The van der Waals surface area contributed by atoms with E-state index in [1.807, 2.05) is 24.3 Å². The van der Waals surface area contributed by atoms with Crippen molar-refractivity contribution in [3.8, 4) is 0 Å². The summed E-state index contributed by atoms with van der Waals surface area (Å²) in [6.07, 6.45) is 0. The maximum absolute atomic E-state index is 11.5. The molecule has 1 heterocycles. The van der Waals surface area contributed by atoms with Gasteiger partial charge in [-0.05, 0) is 23.3 Å². The highest BCUT2D eigenvalue weighted by Crippen LogP contribution is 2.17. The van der Waals surface area contributed by atoms with Gasteiger partial charge in [0.2, 0.25) is 0 Å². The van der Waals surface area contributed by atoms with Crippen LogP contribution in [0.4, 0.5) is 0 Å². The summed E-state index contributed by atoms with van der Waals surface area (Å²) in [4.78, 5) is 11.5. The summed E-state index contributed by atoms with van der Waals surface area (Å²) in [5.41, 5.74) is 1.98. The van der Waals surface area contributed by atoms with Gasteiger partial charge in [0.1, 0.15) is 6.04 Å². The van der Waals surface area contributed by atoms with Gasteiger partial charge in [0.15, 0.2) is 5.11 Å². The zero-order valence-electron chi connectivity index (χ0n) is 8.82. The Bertz CT molecular complexity index is 416. The number of rotatable bonds is 3. The van der Waals surface area contributed by atoms with E-state index in [1.165, 1.54) is 0 Å². The third-order valence-corrected chi connectivity index (χ3v) is 2.62. The van der Waals surface area contributed by atoms with Crippen molar-refractivity contribution in [1.82, 2.24) is 10.6 Å². The van der Waals surface area contributed by atoms with E-state index in [9.17, 15) is 4.79 Å². The fourth-order valence-electron chi connectivity index (χ4n) is 1.62. The second kappa shape index (κ2) is 4.59. The Balaban J connectivity index is 2.15. The van der Waals surface area contributed by atoms with Crippen LogP contribution in [0.5, 0.6) is 0 Å². The minimum atomic E-state index is -0.371. The van der Waals surface area contributed by atoms with Crippen LogP contribution in [0.2, 0.25) is 0 Å². The molecule has 1 saturated heterocycles. The average molecular weight is 236 g/mol. The third-order valence-electron chi connectivity index (χ3n) is 2.40. The number of benzene rings is 1. The van der Waals surface area contributed by atoms with Crippen molar-refractivity contribution in [1.29, 1.82) is 0 Å². The average Bonchev–Trinajstić information content (AvgIpc) is 2.59. The molecule has 0 bridgehead atoms. The van der Waals surface area contributed by atoms with E-state index in [4.69, 9.17) is 17.0 Å². The van der Waals surface area contributed by atoms with E-state index in [2.05, 4.69) is 10.6 Å². The molecule has 2 N–H and O–H groups in total. The van der Waals surface area contributed by atoms with E-state index in [0.29, 0.717) is 11.7 Å². The lowest BCUT2D eigenvalue weighted by Gasteiger charge is -2.08. The Labute approximate surface area is 99.0 Å². The standard InChI is InChI=1S/C11H12N2O2S/c1-15-6-7-2-4-8(5-3-7)9-10(14)13-11(16)12-9/h2-5,9H,6H2,1H3,(H2,12,13,14,16). The summed E-state index contributed by atoms with van der Waals surface area (Å²) in [5, 5.41) is 5.86. The Morgan fingerprint density at radius 1 is 1.38 bits per heavy atom. The SMILES string of the molecule is COCc1ccc(C2NC(=S)NC2=O)cc1. The quantitative estimate of drug-likeness (QED) is 0.765. The monoisotopic (exact) mass is 236 g/mol. The van der Waals surface area contributed by atoms with Crippen molar-refractivity contribution >= 4 is 23.2 Å². The number of thiocarbonyl (C=S) groups is 1. The molecule has 1 aromatic carbocycles. The molecule has 16 heavy (non-hydrogen) atoms. The molecular formula is C11H12N2O2S. The normalized spacial score (nSPS) is 19.4.